The molecule has 0 N–H and O–H groups in total. The van der Waals surface area contributed by atoms with Gasteiger partial charge >= 0.3 is 0 Å². The van der Waals surface area contributed by atoms with Gasteiger partial charge in [0.15, 0.2) is 17.5 Å². The zero-order chi connectivity index (χ0) is 36.1. The SMILES string of the molecule is N#Cc1cccc(-c2cccc(C34CC5CC(CC(c6ccc(-c7cccc(-c8nc(-c9ccccc9)nc(-c9ccccc9)n8)c7)cc6)(C5)C3)C4)c2)c1. The molecule has 4 aliphatic rings. The van der Waals surface area contributed by atoms with Gasteiger partial charge in [0.05, 0.1) is 11.6 Å². The summed E-state index contributed by atoms with van der Waals surface area (Å²) < 4.78 is 0. The van der Waals surface area contributed by atoms with Crippen LogP contribution in [-0.4, -0.2) is 15.0 Å². The Labute approximate surface area is 317 Å². The predicted molar refractivity (Wildman–Crippen MR) is 216 cm³/mol. The van der Waals surface area contributed by atoms with Gasteiger partial charge in [-0.25, -0.2) is 15.0 Å². The van der Waals surface area contributed by atoms with Gasteiger partial charge in [0.25, 0.3) is 0 Å². The molecule has 2 unspecified atom stereocenters. The van der Waals surface area contributed by atoms with E-state index in [-0.39, 0.29) is 10.8 Å². The molecule has 4 nitrogen and oxygen atoms in total. The summed E-state index contributed by atoms with van der Waals surface area (Å²) in [7, 11) is 0. The molecule has 0 aliphatic heterocycles. The lowest BCUT2D eigenvalue weighted by atomic mass is 9.41. The quantitative estimate of drug-likeness (QED) is 0.166. The molecule has 0 spiro atoms. The van der Waals surface area contributed by atoms with Gasteiger partial charge in [-0.2, -0.15) is 5.26 Å². The molecule has 4 aliphatic carbocycles. The van der Waals surface area contributed by atoms with Crippen molar-refractivity contribution in [2.24, 2.45) is 11.8 Å². The Hall–Kier alpha value is -6.18. The van der Waals surface area contributed by atoms with Crippen molar-refractivity contribution < 1.29 is 0 Å². The van der Waals surface area contributed by atoms with Crippen LogP contribution in [0.2, 0.25) is 0 Å². The van der Waals surface area contributed by atoms with Crippen molar-refractivity contribution in [2.75, 3.05) is 0 Å². The van der Waals surface area contributed by atoms with Gasteiger partial charge in [-0.05, 0) is 113 Å². The van der Waals surface area contributed by atoms with Crippen LogP contribution in [-0.2, 0) is 10.8 Å². The molecule has 2 atom stereocenters. The molecule has 1 aromatic heterocycles. The van der Waals surface area contributed by atoms with Crippen LogP contribution in [0.3, 0.4) is 0 Å². The molecule has 4 saturated carbocycles. The molecule has 54 heavy (non-hydrogen) atoms. The van der Waals surface area contributed by atoms with Crippen LogP contribution in [0.25, 0.3) is 56.4 Å². The van der Waals surface area contributed by atoms with E-state index in [1.54, 1.807) is 0 Å². The maximum Gasteiger partial charge on any atom is 0.164 e. The fourth-order valence-corrected chi connectivity index (χ4v) is 10.5. The van der Waals surface area contributed by atoms with Crippen molar-refractivity contribution in [1.29, 1.82) is 5.26 Å². The first-order valence-corrected chi connectivity index (χ1v) is 19.2. The summed E-state index contributed by atoms with van der Waals surface area (Å²) >= 11 is 0. The Morgan fingerprint density at radius 3 is 1.52 bits per heavy atom. The highest BCUT2D eigenvalue weighted by Gasteiger charge is 2.58. The third-order valence-corrected chi connectivity index (χ3v) is 12.5. The van der Waals surface area contributed by atoms with Gasteiger partial charge in [0.1, 0.15) is 0 Å². The van der Waals surface area contributed by atoms with Crippen LogP contribution in [0.1, 0.15) is 55.2 Å². The zero-order valence-electron chi connectivity index (χ0n) is 30.2. The molecule has 0 radical (unpaired) electrons. The number of rotatable bonds is 7. The second kappa shape index (κ2) is 13.0. The average Bonchev–Trinajstić information content (AvgIpc) is 3.24. The Bertz CT molecular complexity index is 2460. The van der Waals surface area contributed by atoms with Crippen molar-refractivity contribution in [2.45, 2.75) is 49.4 Å². The van der Waals surface area contributed by atoms with Gasteiger partial charge in [-0.15, -0.1) is 0 Å². The summed E-state index contributed by atoms with van der Waals surface area (Å²) in [4.78, 5) is 14.8. The largest absolute Gasteiger partial charge is 0.208 e. The topological polar surface area (TPSA) is 62.5 Å². The van der Waals surface area contributed by atoms with Crippen LogP contribution >= 0.6 is 0 Å². The molecule has 0 saturated heterocycles. The Morgan fingerprint density at radius 2 is 0.907 bits per heavy atom. The van der Waals surface area contributed by atoms with Crippen molar-refractivity contribution in [3.63, 3.8) is 0 Å². The van der Waals surface area contributed by atoms with Crippen LogP contribution < -0.4 is 0 Å². The lowest BCUT2D eigenvalue weighted by Crippen LogP contribution is -2.55. The molecule has 1 heterocycles. The minimum atomic E-state index is 0.196. The molecule has 4 fully saturated rings. The predicted octanol–water partition coefficient (Wildman–Crippen LogP) is 11.9. The van der Waals surface area contributed by atoms with Crippen LogP contribution in [0.15, 0.2) is 158 Å². The standard InChI is InChI=1S/C50H40N4/c51-32-34-10-7-15-40(25-34)42-17-9-19-45(27-42)50-30-35-24-36(31-50)29-49(28-35,33-50)44-22-20-37(21-23-44)41-16-8-18-43(26-41)48-53-46(38-11-3-1-4-12-38)52-47(54-48)39-13-5-2-6-14-39/h1-23,25-27,35-36H,24,28-31,33H2. The van der Waals surface area contributed by atoms with Gasteiger partial charge in [-0.3, -0.25) is 0 Å². The molecular formula is C50H40N4. The Kier molecular flexibility index (Phi) is 7.84. The molecular weight excluding hydrogens is 657 g/mol. The maximum atomic E-state index is 9.53. The summed E-state index contributed by atoms with van der Waals surface area (Å²) in [5.74, 6) is 3.53. The van der Waals surface area contributed by atoms with E-state index in [0.717, 1.165) is 39.7 Å². The fourth-order valence-electron chi connectivity index (χ4n) is 10.5. The second-order valence-corrected chi connectivity index (χ2v) is 16.0. The third kappa shape index (κ3) is 5.81. The smallest absolute Gasteiger partial charge is 0.164 e. The zero-order valence-corrected chi connectivity index (χ0v) is 30.2. The first kappa shape index (κ1) is 32.5. The van der Waals surface area contributed by atoms with Gasteiger partial charge in [-0.1, -0.05) is 140 Å². The second-order valence-electron chi connectivity index (χ2n) is 16.0. The molecule has 4 bridgehead atoms. The number of hydrogen-bond donors (Lipinski definition) is 0. The summed E-state index contributed by atoms with van der Waals surface area (Å²) in [5, 5.41) is 9.53. The average molecular weight is 697 g/mol. The monoisotopic (exact) mass is 696 g/mol. The number of hydrogen-bond acceptors (Lipinski definition) is 4. The normalized spacial score (nSPS) is 22.5. The first-order chi connectivity index (χ1) is 26.5. The maximum absolute atomic E-state index is 9.53. The van der Waals surface area contributed by atoms with E-state index in [1.807, 2.05) is 78.9 Å². The summed E-state index contributed by atoms with van der Waals surface area (Å²) in [6.45, 7) is 0. The van der Waals surface area contributed by atoms with Crippen LogP contribution in [0.5, 0.6) is 0 Å². The van der Waals surface area contributed by atoms with E-state index in [1.165, 1.54) is 60.8 Å². The highest BCUT2D eigenvalue weighted by Crippen LogP contribution is 2.66. The summed E-state index contributed by atoms with van der Waals surface area (Å²) in [6.07, 6.45) is 7.72. The molecule has 7 aromatic rings. The van der Waals surface area contributed by atoms with E-state index >= 15 is 0 Å². The summed E-state index contributed by atoms with van der Waals surface area (Å²) in [5.41, 5.74) is 11.7. The summed E-state index contributed by atoms with van der Waals surface area (Å²) in [6, 6.07) is 58.0. The van der Waals surface area contributed by atoms with E-state index in [4.69, 9.17) is 15.0 Å². The van der Waals surface area contributed by atoms with Crippen LogP contribution in [0.4, 0.5) is 0 Å². The molecule has 260 valence electrons. The minimum absolute atomic E-state index is 0.196. The van der Waals surface area contributed by atoms with E-state index < -0.39 is 0 Å². The number of nitriles is 1. The van der Waals surface area contributed by atoms with Gasteiger partial charge in [0.2, 0.25) is 0 Å². The number of nitrogens with zero attached hydrogens (tertiary/aromatic N) is 4. The van der Waals surface area contributed by atoms with Crippen molar-refractivity contribution >= 4 is 0 Å². The van der Waals surface area contributed by atoms with Crippen molar-refractivity contribution in [1.82, 2.24) is 15.0 Å². The third-order valence-electron chi connectivity index (χ3n) is 12.5. The Morgan fingerprint density at radius 1 is 0.426 bits per heavy atom. The molecule has 0 amide bonds. The van der Waals surface area contributed by atoms with Crippen molar-refractivity contribution in [3.05, 3.63) is 174 Å². The molecule has 4 heteroatoms. The highest BCUT2D eigenvalue weighted by molar-refractivity contribution is 5.73. The number of aromatic nitrogens is 3. The highest BCUT2D eigenvalue weighted by atomic mass is 15.0. The lowest BCUT2D eigenvalue weighted by molar-refractivity contribution is -0.0281. The van der Waals surface area contributed by atoms with E-state index in [9.17, 15) is 5.26 Å². The van der Waals surface area contributed by atoms with Gasteiger partial charge < -0.3 is 0 Å². The fraction of sp³-hybridized carbons (Fsp3) is 0.200. The number of benzene rings is 6. The van der Waals surface area contributed by atoms with E-state index in [2.05, 4.69) is 84.9 Å². The minimum Gasteiger partial charge on any atom is -0.208 e. The molecule has 11 rings (SSSR count). The lowest BCUT2D eigenvalue weighted by Gasteiger charge is -2.63. The molecule has 6 aromatic carbocycles. The van der Waals surface area contributed by atoms with E-state index in [0.29, 0.717) is 23.0 Å². The first-order valence-electron chi connectivity index (χ1n) is 19.2. The Balaban J connectivity index is 0.965. The van der Waals surface area contributed by atoms with Crippen molar-refractivity contribution in [3.8, 4) is 62.5 Å². The van der Waals surface area contributed by atoms with Gasteiger partial charge in [0, 0.05) is 16.7 Å². The van der Waals surface area contributed by atoms with Crippen LogP contribution in [0, 0.1) is 23.2 Å².